The van der Waals surface area contributed by atoms with Gasteiger partial charge in [-0.2, -0.15) is 0 Å². The molecule has 1 amide bonds. The van der Waals surface area contributed by atoms with Crippen molar-refractivity contribution < 1.29 is 9.90 Å². The largest absolute Gasteiger partial charge is 0.387 e. The second-order valence-corrected chi connectivity index (χ2v) is 7.93. The highest BCUT2D eigenvalue weighted by Crippen LogP contribution is 2.51. The second kappa shape index (κ2) is 6.92. The number of carbonyl (C=O) groups is 1. The molecule has 3 N–H and O–H groups in total. The molecule has 0 saturated heterocycles. The summed E-state index contributed by atoms with van der Waals surface area (Å²) in [4.78, 5) is 16.2. The number of benzene rings is 1. The molecule has 1 heterocycles. The van der Waals surface area contributed by atoms with Gasteiger partial charge in [0.2, 0.25) is 0 Å². The molecule has 1 aromatic heterocycles. The molecule has 0 unspecified atom stereocenters. The third-order valence-electron chi connectivity index (χ3n) is 5.89. The van der Waals surface area contributed by atoms with E-state index in [0.717, 1.165) is 49.9 Å². The maximum atomic E-state index is 12.8. The predicted molar refractivity (Wildman–Crippen MR) is 102 cm³/mol. The Morgan fingerprint density at radius 1 is 1.19 bits per heavy atom. The first-order chi connectivity index (χ1) is 12.6. The summed E-state index contributed by atoms with van der Waals surface area (Å²) in [6, 6.07) is 12.2. The van der Waals surface area contributed by atoms with Gasteiger partial charge in [-0.15, -0.1) is 0 Å². The molecule has 0 spiro atoms. The Hall–Kier alpha value is -2.07. The van der Waals surface area contributed by atoms with Gasteiger partial charge >= 0.3 is 0 Å². The molecular weight excluding hydrogens is 324 g/mol. The Bertz CT molecular complexity index is 761. The van der Waals surface area contributed by atoms with E-state index in [1.165, 1.54) is 5.56 Å². The molecular formula is C22H28N2O2. The lowest BCUT2D eigenvalue weighted by Gasteiger charge is -2.28. The number of aryl methyl sites for hydroxylation is 1. The van der Waals surface area contributed by atoms with Crippen molar-refractivity contribution in [1.29, 1.82) is 0 Å². The van der Waals surface area contributed by atoms with E-state index in [4.69, 9.17) is 0 Å². The number of aliphatic hydroxyl groups is 1. The Morgan fingerprint density at radius 2 is 1.85 bits per heavy atom. The predicted octanol–water partition coefficient (Wildman–Crippen LogP) is 3.45. The molecule has 26 heavy (non-hydrogen) atoms. The van der Waals surface area contributed by atoms with Crippen molar-refractivity contribution in [3.05, 3.63) is 58.9 Å². The van der Waals surface area contributed by atoms with Crippen LogP contribution in [0.15, 0.2) is 36.4 Å². The standard InChI is InChI=1S/C22H28N2O2/c1-2-20-19(13-18(24-20)12-15-6-4-3-5-7-15)21(25)23-14-22(26,16-8-9-16)17-10-11-17/h3-7,13,16-17,24,26H,2,8-12,14H2,1H3,(H,23,25). The van der Waals surface area contributed by atoms with Gasteiger partial charge in [0, 0.05) is 24.4 Å². The first kappa shape index (κ1) is 17.3. The van der Waals surface area contributed by atoms with Crippen LogP contribution in [0.25, 0.3) is 0 Å². The van der Waals surface area contributed by atoms with Crippen molar-refractivity contribution >= 4 is 5.91 Å². The minimum absolute atomic E-state index is 0.0721. The molecule has 0 atom stereocenters. The van der Waals surface area contributed by atoms with Crippen LogP contribution in [0.3, 0.4) is 0 Å². The number of nitrogens with one attached hydrogen (secondary N) is 2. The summed E-state index contributed by atoms with van der Waals surface area (Å²) < 4.78 is 0. The SMILES string of the molecule is CCc1[nH]c(Cc2ccccc2)cc1C(=O)NCC(O)(C1CC1)C1CC1. The zero-order valence-electron chi connectivity index (χ0n) is 15.4. The smallest absolute Gasteiger partial charge is 0.253 e. The first-order valence-electron chi connectivity index (χ1n) is 9.85. The molecule has 2 aliphatic carbocycles. The van der Waals surface area contributed by atoms with Crippen LogP contribution in [-0.4, -0.2) is 28.1 Å². The van der Waals surface area contributed by atoms with Crippen LogP contribution in [0.5, 0.6) is 0 Å². The molecule has 0 aliphatic heterocycles. The highest BCUT2D eigenvalue weighted by Gasteiger charge is 2.53. The summed E-state index contributed by atoms with van der Waals surface area (Å²) in [5.74, 6) is 0.679. The molecule has 4 rings (SSSR count). The van der Waals surface area contributed by atoms with Crippen LogP contribution in [0, 0.1) is 11.8 Å². The van der Waals surface area contributed by atoms with Gasteiger partial charge in [0.05, 0.1) is 11.2 Å². The van der Waals surface area contributed by atoms with Crippen LogP contribution in [0.4, 0.5) is 0 Å². The number of carbonyl (C=O) groups excluding carboxylic acids is 1. The van der Waals surface area contributed by atoms with E-state index in [1.54, 1.807) is 0 Å². The van der Waals surface area contributed by atoms with Crippen molar-refractivity contribution in [3.8, 4) is 0 Å². The summed E-state index contributed by atoms with van der Waals surface area (Å²) in [7, 11) is 0. The van der Waals surface area contributed by atoms with E-state index < -0.39 is 5.60 Å². The highest BCUT2D eigenvalue weighted by molar-refractivity contribution is 5.95. The lowest BCUT2D eigenvalue weighted by atomic mass is 9.91. The molecule has 0 radical (unpaired) electrons. The summed E-state index contributed by atoms with van der Waals surface area (Å²) in [6.45, 7) is 2.43. The molecule has 1 aromatic carbocycles. The lowest BCUT2D eigenvalue weighted by molar-refractivity contribution is -0.00322. The first-order valence-corrected chi connectivity index (χ1v) is 9.85. The van der Waals surface area contributed by atoms with E-state index in [9.17, 15) is 9.90 Å². The molecule has 2 fully saturated rings. The highest BCUT2D eigenvalue weighted by atomic mass is 16.3. The van der Waals surface area contributed by atoms with Gasteiger partial charge in [-0.05, 0) is 55.6 Å². The Kier molecular flexibility index (Phi) is 4.62. The number of rotatable bonds is 8. The normalized spacial score (nSPS) is 17.3. The van der Waals surface area contributed by atoms with Crippen LogP contribution in [0.2, 0.25) is 0 Å². The molecule has 138 valence electrons. The fourth-order valence-corrected chi connectivity index (χ4v) is 4.06. The van der Waals surface area contributed by atoms with Crippen LogP contribution in [-0.2, 0) is 12.8 Å². The summed E-state index contributed by atoms with van der Waals surface area (Å²) in [5, 5.41) is 14.0. The maximum Gasteiger partial charge on any atom is 0.253 e. The monoisotopic (exact) mass is 352 g/mol. The van der Waals surface area contributed by atoms with Crippen LogP contribution >= 0.6 is 0 Å². The summed E-state index contributed by atoms with van der Waals surface area (Å²) in [5.41, 5.74) is 3.27. The van der Waals surface area contributed by atoms with Gasteiger partial charge < -0.3 is 15.4 Å². The van der Waals surface area contributed by atoms with Gasteiger partial charge in [-0.25, -0.2) is 0 Å². The Balaban J connectivity index is 1.45. The van der Waals surface area contributed by atoms with Crippen molar-refractivity contribution in [2.24, 2.45) is 11.8 Å². The summed E-state index contributed by atoms with van der Waals surface area (Å²) >= 11 is 0. The average molecular weight is 352 g/mol. The van der Waals surface area contributed by atoms with Crippen molar-refractivity contribution in [3.63, 3.8) is 0 Å². The molecule has 2 saturated carbocycles. The Morgan fingerprint density at radius 3 is 2.42 bits per heavy atom. The quantitative estimate of drug-likeness (QED) is 0.681. The average Bonchev–Trinajstić information content (AvgIpc) is 3.56. The third-order valence-corrected chi connectivity index (χ3v) is 5.89. The topological polar surface area (TPSA) is 65.1 Å². The Labute approximate surface area is 155 Å². The van der Waals surface area contributed by atoms with Crippen LogP contribution < -0.4 is 5.32 Å². The van der Waals surface area contributed by atoms with Gasteiger partial charge in [-0.3, -0.25) is 4.79 Å². The van der Waals surface area contributed by atoms with Gasteiger partial charge in [0.15, 0.2) is 0 Å². The zero-order chi connectivity index (χ0) is 18.1. The molecule has 2 aromatic rings. The van der Waals surface area contributed by atoms with E-state index in [0.29, 0.717) is 23.9 Å². The number of amides is 1. The number of aromatic nitrogens is 1. The molecule has 0 bridgehead atoms. The minimum atomic E-state index is -0.689. The summed E-state index contributed by atoms with van der Waals surface area (Å²) in [6.07, 6.45) is 5.94. The molecule has 2 aliphatic rings. The van der Waals surface area contributed by atoms with Gasteiger partial charge in [0.25, 0.3) is 5.91 Å². The second-order valence-electron chi connectivity index (χ2n) is 7.93. The third kappa shape index (κ3) is 3.56. The van der Waals surface area contributed by atoms with Crippen molar-refractivity contribution in [2.75, 3.05) is 6.54 Å². The number of aromatic amines is 1. The van der Waals surface area contributed by atoms with Crippen LogP contribution in [0.1, 0.15) is 59.9 Å². The number of hydrogen-bond acceptors (Lipinski definition) is 2. The number of hydrogen-bond donors (Lipinski definition) is 3. The van der Waals surface area contributed by atoms with E-state index in [-0.39, 0.29) is 5.91 Å². The maximum absolute atomic E-state index is 12.8. The van der Waals surface area contributed by atoms with Crippen molar-refractivity contribution in [2.45, 2.75) is 51.0 Å². The minimum Gasteiger partial charge on any atom is -0.387 e. The zero-order valence-corrected chi connectivity index (χ0v) is 15.4. The number of H-pyrrole nitrogens is 1. The van der Waals surface area contributed by atoms with Gasteiger partial charge in [0.1, 0.15) is 0 Å². The fraction of sp³-hybridized carbons (Fsp3) is 0.500. The fourth-order valence-electron chi connectivity index (χ4n) is 4.06. The lowest BCUT2D eigenvalue weighted by Crippen LogP contribution is -2.46. The van der Waals surface area contributed by atoms with E-state index in [1.807, 2.05) is 24.3 Å². The van der Waals surface area contributed by atoms with E-state index in [2.05, 4.69) is 29.4 Å². The molecule has 4 nitrogen and oxygen atoms in total. The molecule has 4 heteroatoms. The van der Waals surface area contributed by atoms with E-state index >= 15 is 0 Å². The van der Waals surface area contributed by atoms with Crippen molar-refractivity contribution in [1.82, 2.24) is 10.3 Å². The van der Waals surface area contributed by atoms with Gasteiger partial charge in [-0.1, -0.05) is 37.3 Å².